The number of anilines is 1. The summed E-state index contributed by atoms with van der Waals surface area (Å²) >= 11 is 12.4. The van der Waals surface area contributed by atoms with Gasteiger partial charge in [0.1, 0.15) is 11.6 Å². The van der Waals surface area contributed by atoms with Crippen LogP contribution in [0.25, 0.3) is 11.2 Å². The van der Waals surface area contributed by atoms with E-state index in [-0.39, 0.29) is 34.2 Å². The van der Waals surface area contributed by atoms with E-state index in [4.69, 9.17) is 32.9 Å². The van der Waals surface area contributed by atoms with E-state index in [1.165, 1.54) is 18.9 Å². The Labute approximate surface area is 242 Å². The number of halogens is 3. The van der Waals surface area contributed by atoms with Crippen molar-refractivity contribution in [2.24, 2.45) is 13.0 Å². The summed E-state index contributed by atoms with van der Waals surface area (Å²) in [5.74, 6) is 1.58. The monoisotopic (exact) mass is 580 g/mol. The third-order valence-electron chi connectivity index (χ3n) is 7.30. The predicted octanol–water partition coefficient (Wildman–Crippen LogP) is 7.24. The number of fused-ring (bicyclic) bond motifs is 1. The maximum Gasteiger partial charge on any atom is 0.226 e. The first-order valence-corrected chi connectivity index (χ1v) is 14.8. The van der Waals surface area contributed by atoms with Gasteiger partial charge in [0.05, 0.1) is 5.02 Å². The van der Waals surface area contributed by atoms with E-state index in [1.807, 2.05) is 38.5 Å². The van der Waals surface area contributed by atoms with Gasteiger partial charge in [-0.15, -0.1) is 0 Å². The van der Waals surface area contributed by atoms with Crippen molar-refractivity contribution in [2.75, 3.05) is 31.2 Å². The lowest BCUT2D eigenvalue weighted by Gasteiger charge is -2.49. The molecule has 216 valence electrons. The lowest BCUT2D eigenvalue weighted by Crippen LogP contribution is -2.58. The van der Waals surface area contributed by atoms with Crippen molar-refractivity contribution in [2.45, 2.75) is 79.4 Å². The molecule has 0 amide bonds. The number of benzene rings is 1. The minimum atomic E-state index is -0.389. The fourth-order valence-electron chi connectivity index (χ4n) is 5.33. The second-order valence-corrected chi connectivity index (χ2v) is 11.2. The van der Waals surface area contributed by atoms with Crippen molar-refractivity contribution in [3.63, 3.8) is 0 Å². The number of hydrogen-bond donors (Lipinski definition) is 0. The predicted molar refractivity (Wildman–Crippen MR) is 159 cm³/mol. The topological polar surface area (TPSA) is 59.3 Å². The van der Waals surface area contributed by atoms with E-state index in [9.17, 15) is 4.39 Å². The molecular formula is C29H43Cl2FN6O. The molecule has 3 aromatic rings. The Morgan fingerprint density at radius 1 is 1.00 bits per heavy atom. The van der Waals surface area contributed by atoms with E-state index in [1.54, 1.807) is 6.07 Å². The average Bonchev–Trinajstić information content (AvgIpc) is 3.57. The van der Waals surface area contributed by atoms with Crippen LogP contribution in [0.4, 0.5) is 10.2 Å². The van der Waals surface area contributed by atoms with Crippen molar-refractivity contribution in [3.05, 3.63) is 45.7 Å². The standard InChI is InChI=1S/C23H29Cl2FN6.C4H8O.C2H6/c1-12(2)20(16-7-8-18(26)17(24)9-16)31-10-14(4)32(11-13(31)3)22-19-21(28-23(25)29-22)30(6)15(5)27-19;1-2-4-5-3-1;1-2/h7-9,12-14,20H,10-11H2,1-6H3;1-4H2;1-2H3/t13-,14?,20?;;/m1../s1. The maximum atomic E-state index is 13.8. The van der Waals surface area contributed by atoms with E-state index < -0.39 is 0 Å². The molecule has 5 rings (SSSR count). The van der Waals surface area contributed by atoms with E-state index in [0.29, 0.717) is 5.92 Å². The van der Waals surface area contributed by atoms with Gasteiger partial charge in [0.2, 0.25) is 5.28 Å². The molecule has 2 aliphatic heterocycles. The molecular weight excluding hydrogens is 538 g/mol. The molecule has 0 spiro atoms. The van der Waals surface area contributed by atoms with Gasteiger partial charge in [0, 0.05) is 51.5 Å². The largest absolute Gasteiger partial charge is 0.381 e. The van der Waals surface area contributed by atoms with Gasteiger partial charge in [-0.25, -0.2) is 9.37 Å². The number of piperazine rings is 1. The number of ether oxygens (including phenoxy) is 1. The molecule has 2 fully saturated rings. The van der Waals surface area contributed by atoms with Gasteiger partial charge in [-0.1, -0.05) is 45.4 Å². The van der Waals surface area contributed by atoms with E-state index >= 15 is 0 Å². The number of aryl methyl sites for hydroxylation is 2. The summed E-state index contributed by atoms with van der Waals surface area (Å²) in [4.78, 5) is 18.4. The highest BCUT2D eigenvalue weighted by atomic mass is 35.5. The molecule has 2 saturated heterocycles. The normalized spacial score (nSPS) is 20.5. The maximum absolute atomic E-state index is 13.8. The number of aromatic nitrogens is 4. The first-order valence-electron chi connectivity index (χ1n) is 14.0. The van der Waals surface area contributed by atoms with E-state index in [2.05, 4.69) is 47.5 Å². The second-order valence-electron chi connectivity index (χ2n) is 10.4. The Morgan fingerprint density at radius 2 is 1.67 bits per heavy atom. The Bertz CT molecular complexity index is 1220. The third kappa shape index (κ3) is 7.20. The lowest BCUT2D eigenvalue weighted by atomic mass is 9.91. The van der Waals surface area contributed by atoms with Crippen molar-refractivity contribution in [3.8, 4) is 0 Å². The smallest absolute Gasteiger partial charge is 0.226 e. The summed E-state index contributed by atoms with van der Waals surface area (Å²) in [6.07, 6.45) is 2.56. The molecule has 1 aromatic carbocycles. The lowest BCUT2D eigenvalue weighted by molar-refractivity contribution is 0.0821. The van der Waals surface area contributed by atoms with Gasteiger partial charge in [0.25, 0.3) is 0 Å². The van der Waals surface area contributed by atoms with Crippen molar-refractivity contribution in [1.82, 2.24) is 24.4 Å². The SMILES string of the molecule is C1CCOC1.CC.Cc1nc2c(N3C[C@@H](C)N(C(c4ccc(F)c(Cl)c4)C(C)C)CC3C)nc(Cl)nc2n1C. The van der Waals surface area contributed by atoms with Gasteiger partial charge in [-0.2, -0.15) is 9.97 Å². The molecule has 0 saturated carbocycles. The summed E-state index contributed by atoms with van der Waals surface area (Å²) in [5, 5.41) is 0.384. The molecule has 0 radical (unpaired) electrons. The minimum Gasteiger partial charge on any atom is -0.381 e. The quantitative estimate of drug-likeness (QED) is 0.303. The molecule has 0 bridgehead atoms. The van der Waals surface area contributed by atoms with Gasteiger partial charge in [-0.3, -0.25) is 4.90 Å². The fourth-order valence-corrected chi connectivity index (χ4v) is 5.68. The zero-order valence-corrected chi connectivity index (χ0v) is 26.0. The minimum absolute atomic E-state index is 0.124. The summed E-state index contributed by atoms with van der Waals surface area (Å²) < 4.78 is 20.7. The van der Waals surface area contributed by atoms with Crippen molar-refractivity contribution < 1.29 is 9.13 Å². The van der Waals surface area contributed by atoms with Gasteiger partial charge in [0.15, 0.2) is 17.0 Å². The molecule has 2 aliphatic rings. The summed E-state index contributed by atoms with van der Waals surface area (Å²) in [6.45, 7) is 18.3. The Kier molecular flexibility index (Phi) is 11.4. The van der Waals surface area contributed by atoms with Crippen LogP contribution in [0.15, 0.2) is 18.2 Å². The molecule has 39 heavy (non-hydrogen) atoms. The first-order chi connectivity index (χ1) is 18.6. The van der Waals surface area contributed by atoms with Crippen LogP contribution in [0.2, 0.25) is 10.3 Å². The number of imidazole rings is 1. The van der Waals surface area contributed by atoms with Crippen LogP contribution in [0, 0.1) is 18.7 Å². The number of rotatable bonds is 4. The van der Waals surface area contributed by atoms with Crippen LogP contribution >= 0.6 is 23.2 Å². The van der Waals surface area contributed by atoms with E-state index in [0.717, 1.165) is 54.7 Å². The zero-order chi connectivity index (χ0) is 28.9. The van der Waals surface area contributed by atoms with Crippen molar-refractivity contribution in [1.29, 1.82) is 0 Å². The average molecular weight is 582 g/mol. The summed E-state index contributed by atoms with van der Waals surface area (Å²) in [6, 6.07) is 5.57. The van der Waals surface area contributed by atoms with Crippen LogP contribution in [0.1, 0.15) is 71.8 Å². The third-order valence-corrected chi connectivity index (χ3v) is 7.76. The first kappa shape index (κ1) is 31.5. The highest BCUT2D eigenvalue weighted by Crippen LogP contribution is 2.37. The van der Waals surface area contributed by atoms with Crippen LogP contribution in [-0.2, 0) is 11.8 Å². The highest BCUT2D eigenvalue weighted by molar-refractivity contribution is 6.30. The van der Waals surface area contributed by atoms with Crippen LogP contribution in [0.3, 0.4) is 0 Å². The molecule has 4 heterocycles. The molecule has 0 aliphatic carbocycles. The van der Waals surface area contributed by atoms with Gasteiger partial charge in [-0.05, 0) is 68.8 Å². The second kappa shape index (κ2) is 14.1. The summed E-state index contributed by atoms with van der Waals surface area (Å²) in [7, 11) is 1.93. The molecule has 10 heteroatoms. The Morgan fingerprint density at radius 3 is 2.23 bits per heavy atom. The summed E-state index contributed by atoms with van der Waals surface area (Å²) in [5.41, 5.74) is 2.54. The fraction of sp³-hybridized carbons (Fsp3) is 0.621. The van der Waals surface area contributed by atoms with Gasteiger partial charge < -0.3 is 14.2 Å². The molecule has 7 nitrogen and oxygen atoms in total. The molecule has 2 aromatic heterocycles. The number of nitrogens with zero attached hydrogens (tertiary/aromatic N) is 6. The van der Waals surface area contributed by atoms with Crippen LogP contribution in [-0.4, -0.2) is 62.8 Å². The highest BCUT2D eigenvalue weighted by Gasteiger charge is 2.37. The van der Waals surface area contributed by atoms with Gasteiger partial charge >= 0.3 is 0 Å². The molecule has 0 N–H and O–H groups in total. The number of hydrogen-bond acceptors (Lipinski definition) is 6. The van der Waals surface area contributed by atoms with Crippen molar-refractivity contribution >= 4 is 40.2 Å². The molecule has 3 atom stereocenters. The Balaban J connectivity index is 0.000000530. The van der Waals surface area contributed by atoms with Crippen LogP contribution in [0.5, 0.6) is 0 Å². The van der Waals surface area contributed by atoms with Crippen LogP contribution < -0.4 is 4.90 Å². The Hall–Kier alpha value is -2.00. The zero-order valence-electron chi connectivity index (χ0n) is 24.5. The molecule has 2 unspecified atom stereocenters.